The predicted molar refractivity (Wildman–Crippen MR) is 81.1 cm³/mol. The first kappa shape index (κ1) is 13.0. The van der Waals surface area contributed by atoms with Gasteiger partial charge in [-0.2, -0.15) is 0 Å². The van der Waals surface area contributed by atoms with Crippen LogP contribution in [0.1, 0.15) is 22.3 Å². The zero-order chi connectivity index (χ0) is 13.1. The highest BCUT2D eigenvalue weighted by atomic mass is 32.2. The highest BCUT2D eigenvalue weighted by molar-refractivity contribution is 7.98. The third kappa shape index (κ3) is 2.88. The van der Waals surface area contributed by atoms with E-state index in [-0.39, 0.29) is 0 Å². The molecule has 0 heterocycles. The molecule has 2 aromatic rings. The van der Waals surface area contributed by atoms with Crippen LogP contribution in [0.15, 0.2) is 41.3 Å². The summed E-state index contributed by atoms with van der Waals surface area (Å²) in [4.78, 5) is 1.16. The molecule has 2 heteroatoms. The Bertz CT molecular complexity index is 538. The van der Waals surface area contributed by atoms with E-state index in [2.05, 4.69) is 39.0 Å². The average Bonchev–Trinajstić information content (AvgIpc) is 2.30. The Hall–Kier alpha value is -1.41. The normalized spacial score (nSPS) is 10.6. The second-order valence-corrected chi connectivity index (χ2v) is 5.72. The van der Waals surface area contributed by atoms with Gasteiger partial charge in [0.2, 0.25) is 0 Å². The summed E-state index contributed by atoms with van der Waals surface area (Å²) in [7, 11) is 0. The van der Waals surface area contributed by atoms with E-state index >= 15 is 0 Å². The lowest BCUT2D eigenvalue weighted by molar-refractivity contribution is 1.21. The van der Waals surface area contributed by atoms with Crippen molar-refractivity contribution in [1.29, 1.82) is 0 Å². The number of anilines is 1. The van der Waals surface area contributed by atoms with Crippen molar-refractivity contribution in [2.24, 2.45) is 0 Å². The van der Waals surface area contributed by atoms with Gasteiger partial charge in [0.25, 0.3) is 0 Å². The fourth-order valence-electron chi connectivity index (χ4n) is 2.20. The zero-order valence-electron chi connectivity index (χ0n) is 11.2. The van der Waals surface area contributed by atoms with Crippen LogP contribution in [0.2, 0.25) is 0 Å². The monoisotopic (exact) mass is 257 g/mol. The molecule has 0 radical (unpaired) electrons. The summed E-state index contributed by atoms with van der Waals surface area (Å²) >= 11 is 1.81. The van der Waals surface area contributed by atoms with Crippen molar-refractivity contribution in [2.45, 2.75) is 31.4 Å². The van der Waals surface area contributed by atoms with Crippen molar-refractivity contribution < 1.29 is 0 Å². The maximum Gasteiger partial charge on any atom is 0.0452 e. The molecule has 0 unspecified atom stereocenters. The lowest BCUT2D eigenvalue weighted by atomic mass is 10.0. The summed E-state index contributed by atoms with van der Waals surface area (Å²) in [6.45, 7) is 6.51. The molecule has 0 aliphatic carbocycles. The maximum absolute atomic E-state index is 5.96. The number of aryl methyl sites for hydroxylation is 3. The standard InChI is InChI=1S/C16H19NS/c1-11-8-12(2)14(13(3)9-11)10-18-16-7-5-4-6-15(16)17/h4-9H,10,17H2,1-3H3. The zero-order valence-corrected chi connectivity index (χ0v) is 12.0. The minimum absolute atomic E-state index is 0.866. The van der Waals surface area contributed by atoms with Gasteiger partial charge in [-0.25, -0.2) is 0 Å². The molecule has 0 atom stereocenters. The lowest BCUT2D eigenvalue weighted by Gasteiger charge is -2.12. The van der Waals surface area contributed by atoms with Gasteiger partial charge < -0.3 is 5.73 Å². The van der Waals surface area contributed by atoms with Crippen LogP contribution < -0.4 is 5.73 Å². The van der Waals surface area contributed by atoms with Crippen molar-refractivity contribution in [2.75, 3.05) is 5.73 Å². The van der Waals surface area contributed by atoms with E-state index in [4.69, 9.17) is 5.73 Å². The first-order chi connectivity index (χ1) is 8.58. The molecule has 0 fully saturated rings. The van der Waals surface area contributed by atoms with Crippen molar-refractivity contribution in [3.63, 3.8) is 0 Å². The second kappa shape index (κ2) is 5.49. The van der Waals surface area contributed by atoms with Crippen LogP contribution in [0.3, 0.4) is 0 Å². The van der Waals surface area contributed by atoms with E-state index in [1.807, 2.05) is 30.0 Å². The van der Waals surface area contributed by atoms with E-state index in [1.54, 1.807) is 0 Å². The minimum atomic E-state index is 0.866. The molecule has 0 saturated heterocycles. The van der Waals surface area contributed by atoms with E-state index in [0.717, 1.165) is 16.3 Å². The maximum atomic E-state index is 5.96. The molecule has 0 spiro atoms. The third-order valence-corrected chi connectivity index (χ3v) is 4.25. The molecule has 0 aliphatic rings. The quantitative estimate of drug-likeness (QED) is 0.648. The molecule has 0 bridgehead atoms. The van der Waals surface area contributed by atoms with Gasteiger partial charge in [0.1, 0.15) is 0 Å². The number of thioether (sulfide) groups is 1. The Labute approximate surface area is 113 Å². The fourth-order valence-corrected chi connectivity index (χ4v) is 3.36. The number of nitrogens with two attached hydrogens (primary N) is 1. The van der Waals surface area contributed by atoms with Crippen LogP contribution in [0, 0.1) is 20.8 Å². The molecule has 2 rings (SSSR count). The minimum Gasteiger partial charge on any atom is -0.398 e. The number of hydrogen-bond donors (Lipinski definition) is 1. The average molecular weight is 257 g/mol. The third-order valence-electron chi connectivity index (χ3n) is 3.13. The molecule has 0 amide bonds. The van der Waals surface area contributed by atoms with Gasteiger partial charge in [-0.3, -0.25) is 0 Å². The molecular formula is C16H19NS. The molecular weight excluding hydrogens is 238 g/mol. The summed E-state index contributed by atoms with van der Waals surface area (Å²) in [6, 6.07) is 12.5. The molecule has 94 valence electrons. The smallest absolute Gasteiger partial charge is 0.0452 e. The van der Waals surface area contributed by atoms with Crippen molar-refractivity contribution in [3.8, 4) is 0 Å². The number of hydrogen-bond acceptors (Lipinski definition) is 2. The lowest BCUT2D eigenvalue weighted by Crippen LogP contribution is -1.94. The molecule has 0 aliphatic heterocycles. The highest BCUT2D eigenvalue weighted by Crippen LogP contribution is 2.30. The van der Waals surface area contributed by atoms with Gasteiger partial charge in [-0.15, -0.1) is 11.8 Å². The van der Waals surface area contributed by atoms with Crippen molar-refractivity contribution >= 4 is 17.4 Å². The van der Waals surface area contributed by atoms with Crippen LogP contribution in [-0.2, 0) is 5.75 Å². The Morgan fingerprint density at radius 3 is 2.22 bits per heavy atom. The Kier molecular flexibility index (Phi) is 3.97. The number of rotatable bonds is 3. The van der Waals surface area contributed by atoms with Crippen LogP contribution in [0.4, 0.5) is 5.69 Å². The number of nitrogen functional groups attached to an aromatic ring is 1. The topological polar surface area (TPSA) is 26.0 Å². The second-order valence-electron chi connectivity index (χ2n) is 4.70. The van der Waals surface area contributed by atoms with E-state index in [9.17, 15) is 0 Å². The Balaban J connectivity index is 2.19. The summed E-state index contributed by atoms with van der Waals surface area (Å²) < 4.78 is 0. The first-order valence-electron chi connectivity index (χ1n) is 6.12. The molecule has 2 aromatic carbocycles. The summed E-state index contributed by atoms with van der Waals surface area (Å²) in [5, 5.41) is 0. The SMILES string of the molecule is Cc1cc(C)c(CSc2ccccc2N)c(C)c1. The van der Waals surface area contributed by atoms with Gasteiger partial charge in [0.05, 0.1) is 0 Å². The Morgan fingerprint density at radius 2 is 1.61 bits per heavy atom. The van der Waals surface area contributed by atoms with Gasteiger partial charge >= 0.3 is 0 Å². The largest absolute Gasteiger partial charge is 0.398 e. The molecule has 1 nitrogen and oxygen atoms in total. The molecule has 0 saturated carbocycles. The van der Waals surface area contributed by atoms with Gasteiger partial charge in [-0.1, -0.05) is 29.8 Å². The molecule has 18 heavy (non-hydrogen) atoms. The van der Waals surface area contributed by atoms with Crippen LogP contribution >= 0.6 is 11.8 Å². The van der Waals surface area contributed by atoms with Gasteiger partial charge in [0.15, 0.2) is 0 Å². The number of para-hydroxylation sites is 1. The van der Waals surface area contributed by atoms with Crippen molar-refractivity contribution in [1.82, 2.24) is 0 Å². The van der Waals surface area contributed by atoms with Crippen molar-refractivity contribution in [3.05, 3.63) is 58.7 Å². The predicted octanol–water partition coefficient (Wildman–Crippen LogP) is 4.49. The Morgan fingerprint density at radius 1 is 1.00 bits per heavy atom. The summed E-state index contributed by atoms with van der Waals surface area (Å²) in [5.41, 5.74) is 12.3. The molecule has 0 aromatic heterocycles. The van der Waals surface area contributed by atoms with Crippen LogP contribution in [0.5, 0.6) is 0 Å². The summed E-state index contributed by atoms with van der Waals surface area (Å²) in [5.74, 6) is 0.978. The summed E-state index contributed by atoms with van der Waals surface area (Å²) in [6.07, 6.45) is 0. The van der Waals surface area contributed by atoms with E-state index in [0.29, 0.717) is 0 Å². The number of benzene rings is 2. The molecule has 2 N–H and O–H groups in total. The fraction of sp³-hybridized carbons (Fsp3) is 0.250. The van der Waals surface area contributed by atoms with Gasteiger partial charge in [-0.05, 0) is 49.6 Å². The van der Waals surface area contributed by atoms with Crippen LogP contribution in [0.25, 0.3) is 0 Å². The highest BCUT2D eigenvalue weighted by Gasteiger charge is 2.06. The van der Waals surface area contributed by atoms with Gasteiger partial charge in [0, 0.05) is 16.3 Å². The first-order valence-corrected chi connectivity index (χ1v) is 7.10. The van der Waals surface area contributed by atoms with E-state index in [1.165, 1.54) is 22.3 Å². The van der Waals surface area contributed by atoms with E-state index < -0.39 is 0 Å². The van der Waals surface area contributed by atoms with Crippen LogP contribution in [-0.4, -0.2) is 0 Å².